The van der Waals surface area contributed by atoms with Crippen molar-refractivity contribution in [2.75, 3.05) is 12.4 Å². The van der Waals surface area contributed by atoms with Crippen LogP contribution in [-0.4, -0.2) is 31.4 Å². The Morgan fingerprint density at radius 2 is 2.07 bits per heavy atom. The Morgan fingerprint density at radius 1 is 1.43 bits per heavy atom. The highest BCUT2D eigenvalue weighted by atomic mass is 32.2. The van der Waals surface area contributed by atoms with Gasteiger partial charge in [0, 0.05) is 12.1 Å². The molecule has 2 N–H and O–H groups in total. The van der Waals surface area contributed by atoms with E-state index in [0.717, 1.165) is 25.7 Å². The van der Waals surface area contributed by atoms with Gasteiger partial charge in [0.15, 0.2) is 0 Å². The molecule has 0 aromatic rings. The van der Waals surface area contributed by atoms with Crippen LogP contribution in [0.15, 0.2) is 0 Å². The minimum atomic E-state index is -3.18. The summed E-state index contributed by atoms with van der Waals surface area (Å²) in [5.41, 5.74) is -0.172. The number of aliphatic hydroxyl groups excluding tert-OH is 1. The van der Waals surface area contributed by atoms with Gasteiger partial charge in [-0.2, -0.15) is 0 Å². The normalized spacial score (nSPS) is 20.4. The van der Waals surface area contributed by atoms with Gasteiger partial charge in [0.05, 0.1) is 5.75 Å². The molecule has 1 aliphatic carbocycles. The van der Waals surface area contributed by atoms with Crippen LogP contribution in [0.25, 0.3) is 0 Å². The maximum absolute atomic E-state index is 11.5. The van der Waals surface area contributed by atoms with Crippen LogP contribution in [0.4, 0.5) is 0 Å². The van der Waals surface area contributed by atoms with Gasteiger partial charge in [-0.25, -0.2) is 13.1 Å². The fraction of sp³-hybridized carbons (Fsp3) is 1.00. The van der Waals surface area contributed by atoms with Gasteiger partial charge >= 0.3 is 0 Å². The molecule has 4 nitrogen and oxygen atoms in total. The zero-order valence-corrected chi connectivity index (χ0v) is 9.44. The third-order valence-electron chi connectivity index (χ3n) is 2.93. The molecular weight excluding hydrogens is 202 g/mol. The van der Waals surface area contributed by atoms with Crippen molar-refractivity contribution in [3.63, 3.8) is 0 Å². The highest BCUT2D eigenvalue weighted by Crippen LogP contribution is 2.35. The van der Waals surface area contributed by atoms with Crippen LogP contribution in [0.2, 0.25) is 0 Å². The van der Waals surface area contributed by atoms with Crippen LogP contribution in [0.1, 0.15) is 39.0 Å². The van der Waals surface area contributed by atoms with E-state index in [2.05, 4.69) is 4.72 Å². The molecule has 14 heavy (non-hydrogen) atoms. The van der Waals surface area contributed by atoms with Crippen molar-refractivity contribution in [2.24, 2.45) is 0 Å². The molecule has 0 saturated heterocycles. The number of hydrogen-bond donors (Lipinski definition) is 2. The lowest BCUT2D eigenvalue weighted by Gasteiger charge is -2.41. The lowest BCUT2D eigenvalue weighted by Crippen LogP contribution is -2.53. The van der Waals surface area contributed by atoms with Gasteiger partial charge in [-0.1, -0.05) is 6.92 Å². The maximum Gasteiger partial charge on any atom is 0.212 e. The average Bonchev–Trinajstić information content (AvgIpc) is 2.08. The summed E-state index contributed by atoms with van der Waals surface area (Å²) in [4.78, 5) is 0. The first-order valence-corrected chi connectivity index (χ1v) is 6.81. The molecule has 1 rings (SSSR count). The molecule has 0 aliphatic heterocycles. The first-order valence-electron chi connectivity index (χ1n) is 5.16. The van der Waals surface area contributed by atoms with Gasteiger partial charge < -0.3 is 5.11 Å². The summed E-state index contributed by atoms with van der Waals surface area (Å²) in [6, 6.07) is 0. The van der Waals surface area contributed by atoms with E-state index >= 15 is 0 Å². The van der Waals surface area contributed by atoms with Crippen molar-refractivity contribution in [3.8, 4) is 0 Å². The monoisotopic (exact) mass is 221 g/mol. The van der Waals surface area contributed by atoms with Crippen molar-refractivity contribution in [2.45, 2.75) is 44.6 Å². The SMILES string of the molecule is CCC1(NS(=O)(=O)CCCO)CCC1. The van der Waals surface area contributed by atoms with Gasteiger partial charge in [0.25, 0.3) is 0 Å². The Hall–Kier alpha value is -0.130. The first-order chi connectivity index (χ1) is 6.54. The van der Waals surface area contributed by atoms with Crippen molar-refractivity contribution in [3.05, 3.63) is 0 Å². The zero-order chi connectivity index (χ0) is 10.7. The summed E-state index contributed by atoms with van der Waals surface area (Å²) >= 11 is 0. The second-order valence-corrected chi connectivity index (χ2v) is 5.83. The first kappa shape index (κ1) is 11.9. The molecular formula is C9H19NO3S. The topological polar surface area (TPSA) is 66.4 Å². The van der Waals surface area contributed by atoms with E-state index in [0.29, 0.717) is 6.42 Å². The molecule has 0 radical (unpaired) electrons. The second-order valence-electron chi connectivity index (χ2n) is 3.99. The minimum Gasteiger partial charge on any atom is -0.396 e. The van der Waals surface area contributed by atoms with E-state index in [4.69, 9.17) is 5.11 Å². The molecule has 1 aliphatic rings. The van der Waals surface area contributed by atoms with Gasteiger partial charge in [-0.3, -0.25) is 0 Å². The molecule has 1 saturated carbocycles. The molecule has 0 unspecified atom stereocenters. The smallest absolute Gasteiger partial charge is 0.212 e. The Balaban J connectivity index is 2.49. The van der Waals surface area contributed by atoms with Crippen molar-refractivity contribution < 1.29 is 13.5 Å². The Bertz CT molecular complexity index is 264. The summed E-state index contributed by atoms with van der Waals surface area (Å²) in [7, 11) is -3.18. The zero-order valence-electron chi connectivity index (χ0n) is 8.62. The van der Waals surface area contributed by atoms with E-state index in [1.165, 1.54) is 0 Å². The third kappa shape index (κ3) is 2.93. The summed E-state index contributed by atoms with van der Waals surface area (Å²) in [5, 5.41) is 8.56. The minimum absolute atomic E-state index is 0.0330. The van der Waals surface area contributed by atoms with E-state index in [-0.39, 0.29) is 17.9 Å². The largest absolute Gasteiger partial charge is 0.396 e. The molecule has 0 aromatic heterocycles. The lowest BCUT2D eigenvalue weighted by molar-refractivity contribution is 0.213. The van der Waals surface area contributed by atoms with Crippen LogP contribution in [0.3, 0.4) is 0 Å². The van der Waals surface area contributed by atoms with Crippen LogP contribution in [0, 0.1) is 0 Å². The van der Waals surface area contributed by atoms with Crippen LogP contribution in [0.5, 0.6) is 0 Å². The number of nitrogens with one attached hydrogen (secondary N) is 1. The molecule has 0 amide bonds. The van der Waals surface area contributed by atoms with Gasteiger partial charge in [0.1, 0.15) is 0 Å². The summed E-state index contributed by atoms with van der Waals surface area (Å²) in [6.07, 6.45) is 4.17. The molecule has 0 atom stereocenters. The quantitative estimate of drug-likeness (QED) is 0.691. The highest BCUT2D eigenvalue weighted by Gasteiger charge is 2.38. The second kappa shape index (κ2) is 4.59. The van der Waals surface area contributed by atoms with Gasteiger partial charge in [0.2, 0.25) is 10.0 Å². The standard InChI is InChI=1S/C9H19NO3S/c1-2-9(5-3-6-9)10-14(12,13)8-4-7-11/h10-11H,2-8H2,1H3. The maximum atomic E-state index is 11.5. The molecule has 84 valence electrons. The highest BCUT2D eigenvalue weighted by molar-refractivity contribution is 7.89. The fourth-order valence-electron chi connectivity index (χ4n) is 1.77. The predicted molar refractivity (Wildman–Crippen MR) is 55.5 cm³/mol. The Labute approximate surface area is 85.8 Å². The van der Waals surface area contributed by atoms with Crippen molar-refractivity contribution in [1.82, 2.24) is 4.72 Å². The fourth-order valence-corrected chi connectivity index (χ4v) is 3.39. The molecule has 5 heteroatoms. The van der Waals surface area contributed by atoms with E-state index in [1.807, 2.05) is 6.92 Å². The summed E-state index contributed by atoms with van der Waals surface area (Å²) < 4.78 is 25.8. The van der Waals surface area contributed by atoms with Gasteiger partial charge in [-0.15, -0.1) is 0 Å². The number of rotatable bonds is 6. The van der Waals surface area contributed by atoms with Crippen LogP contribution < -0.4 is 4.72 Å². The average molecular weight is 221 g/mol. The van der Waals surface area contributed by atoms with Crippen LogP contribution >= 0.6 is 0 Å². The van der Waals surface area contributed by atoms with Gasteiger partial charge in [-0.05, 0) is 32.1 Å². The summed E-state index contributed by atoms with van der Waals surface area (Å²) in [6.45, 7) is 1.94. The number of sulfonamides is 1. The lowest BCUT2D eigenvalue weighted by atomic mass is 9.76. The Kier molecular flexibility index (Phi) is 3.92. The third-order valence-corrected chi connectivity index (χ3v) is 4.50. The molecule has 0 bridgehead atoms. The van der Waals surface area contributed by atoms with E-state index in [9.17, 15) is 8.42 Å². The van der Waals surface area contributed by atoms with E-state index < -0.39 is 10.0 Å². The molecule has 0 aromatic carbocycles. The number of hydrogen-bond acceptors (Lipinski definition) is 3. The van der Waals surface area contributed by atoms with E-state index in [1.54, 1.807) is 0 Å². The Morgan fingerprint density at radius 3 is 2.43 bits per heavy atom. The molecule has 0 heterocycles. The molecule has 0 spiro atoms. The van der Waals surface area contributed by atoms with Crippen LogP contribution in [-0.2, 0) is 10.0 Å². The summed E-state index contributed by atoms with van der Waals surface area (Å²) in [5.74, 6) is 0.0330. The van der Waals surface area contributed by atoms with Crippen molar-refractivity contribution in [1.29, 1.82) is 0 Å². The number of aliphatic hydroxyl groups is 1. The predicted octanol–water partition coefficient (Wildman–Crippen LogP) is 0.621. The molecule has 1 fully saturated rings. The van der Waals surface area contributed by atoms with Crippen molar-refractivity contribution >= 4 is 10.0 Å².